The van der Waals surface area contributed by atoms with Gasteiger partial charge in [0.1, 0.15) is 6.54 Å². The molecule has 0 aliphatic carbocycles. The molecule has 1 atom stereocenters. The Morgan fingerprint density at radius 3 is 2.38 bits per heavy atom. The monoisotopic (exact) mass is 510 g/mol. The molecular formula is C23H18ClF3N2O4S. The molecule has 11 heteroatoms. The lowest BCUT2D eigenvalue weighted by atomic mass is 10.1. The lowest BCUT2D eigenvalue weighted by molar-refractivity contribution is -0.153. The van der Waals surface area contributed by atoms with Crippen LogP contribution < -0.4 is 10.6 Å². The average Bonchev–Trinajstić information content (AvgIpc) is 3.23. The molecule has 2 aromatic carbocycles. The SMILES string of the molecule is Cc1ccc(C(=O)NCC(=O)O[C@@H](C(=O)Nc2ccc(Cl)c(C(F)(F)F)c2)c2ccccc2)s1. The van der Waals surface area contributed by atoms with Crippen molar-refractivity contribution in [3.8, 4) is 0 Å². The number of amides is 2. The zero-order chi connectivity index (χ0) is 24.9. The van der Waals surface area contributed by atoms with E-state index in [0.29, 0.717) is 16.5 Å². The lowest BCUT2D eigenvalue weighted by Crippen LogP contribution is -2.33. The van der Waals surface area contributed by atoms with Crippen LogP contribution in [0.15, 0.2) is 60.7 Å². The van der Waals surface area contributed by atoms with E-state index in [-0.39, 0.29) is 5.69 Å². The topological polar surface area (TPSA) is 84.5 Å². The minimum absolute atomic E-state index is 0.180. The van der Waals surface area contributed by atoms with Gasteiger partial charge in [0.05, 0.1) is 15.5 Å². The van der Waals surface area contributed by atoms with E-state index in [9.17, 15) is 27.6 Å². The van der Waals surface area contributed by atoms with Crippen LogP contribution in [0.2, 0.25) is 5.02 Å². The molecular weight excluding hydrogens is 493 g/mol. The molecule has 0 spiro atoms. The number of hydrogen-bond acceptors (Lipinski definition) is 5. The van der Waals surface area contributed by atoms with Gasteiger partial charge >= 0.3 is 12.1 Å². The fourth-order valence-electron chi connectivity index (χ4n) is 2.90. The van der Waals surface area contributed by atoms with Crippen molar-refractivity contribution in [3.05, 3.63) is 86.6 Å². The number of carbonyl (C=O) groups is 3. The fourth-order valence-corrected chi connectivity index (χ4v) is 3.91. The Labute approximate surface area is 201 Å². The summed E-state index contributed by atoms with van der Waals surface area (Å²) in [4.78, 5) is 38.7. The van der Waals surface area contributed by atoms with Gasteiger partial charge in [-0.15, -0.1) is 11.3 Å². The maximum Gasteiger partial charge on any atom is 0.417 e. The number of esters is 1. The molecule has 34 heavy (non-hydrogen) atoms. The molecule has 0 saturated heterocycles. The van der Waals surface area contributed by atoms with Crippen molar-refractivity contribution in [2.75, 3.05) is 11.9 Å². The Kier molecular flexibility index (Phi) is 7.95. The maximum absolute atomic E-state index is 13.1. The average molecular weight is 511 g/mol. The number of aryl methyl sites for hydroxylation is 1. The highest BCUT2D eigenvalue weighted by Gasteiger charge is 2.34. The van der Waals surface area contributed by atoms with Gasteiger partial charge in [0.15, 0.2) is 0 Å². The van der Waals surface area contributed by atoms with Gasteiger partial charge in [-0.25, -0.2) is 0 Å². The van der Waals surface area contributed by atoms with Crippen molar-refractivity contribution in [3.63, 3.8) is 0 Å². The third kappa shape index (κ3) is 6.58. The Bertz CT molecular complexity index is 1200. The molecule has 0 unspecified atom stereocenters. The molecule has 1 heterocycles. The van der Waals surface area contributed by atoms with E-state index < -0.39 is 47.2 Å². The Balaban J connectivity index is 1.73. The normalized spacial score (nSPS) is 12.0. The van der Waals surface area contributed by atoms with E-state index >= 15 is 0 Å². The standard InChI is InChI=1S/C23H18ClF3N2O4S/c1-13-7-10-18(34-13)21(31)28-12-19(30)33-20(14-5-3-2-4-6-14)22(32)29-15-8-9-17(24)16(11-15)23(25,26)27/h2-11,20H,12H2,1H3,(H,28,31)(H,29,32)/t20-/m1/s1. The molecule has 0 bridgehead atoms. The first-order valence-electron chi connectivity index (χ1n) is 9.81. The first kappa shape index (κ1) is 25.3. The summed E-state index contributed by atoms with van der Waals surface area (Å²) in [6.07, 6.45) is -6.19. The molecule has 6 nitrogen and oxygen atoms in total. The van der Waals surface area contributed by atoms with Gasteiger partial charge < -0.3 is 15.4 Å². The minimum atomic E-state index is -4.72. The van der Waals surface area contributed by atoms with Crippen LogP contribution >= 0.6 is 22.9 Å². The van der Waals surface area contributed by atoms with E-state index in [2.05, 4.69) is 10.6 Å². The number of hydrogen-bond donors (Lipinski definition) is 2. The van der Waals surface area contributed by atoms with Crippen LogP contribution in [-0.4, -0.2) is 24.3 Å². The van der Waals surface area contributed by atoms with Gasteiger partial charge in [-0.1, -0.05) is 41.9 Å². The summed E-state index contributed by atoms with van der Waals surface area (Å²) in [7, 11) is 0. The predicted molar refractivity (Wildman–Crippen MR) is 122 cm³/mol. The van der Waals surface area contributed by atoms with Gasteiger partial charge in [0, 0.05) is 16.1 Å². The molecule has 2 amide bonds. The summed E-state index contributed by atoms with van der Waals surface area (Å²) < 4.78 is 44.7. The molecule has 2 N–H and O–H groups in total. The molecule has 0 saturated carbocycles. The minimum Gasteiger partial charge on any atom is -0.446 e. The molecule has 1 aromatic heterocycles. The predicted octanol–water partition coefficient (Wildman–Crippen LogP) is 5.38. The van der Waals surface area contributed by atoms with Gasteiger partial charge in [0.25, 0.3) is 11.8 Å². The van der Waals surface area contributed by atoms with Crippen LogP contribution in [0.5, 0.6) is 0 Å². The molecule has 0 aliphatic rings. The number of ether oxygens (including phenoxy) is 1. The largest absolute Gasteiger partial charge is 0.446 e. The number of rotatable bonds is 7. The second-order valence-electron chi connectivity index (χ2n) is 7.06. The summed E-state index contributed by atoms with van der Waals surface area (Å²) in [6, 6.07) is 14.2. The summed E-state index contributed by atoms with van der Waals surface area (Å²) in [5.74, 6) is -2.26. The van der Waals surface area contributed by atoms with Crippen LogP contribution in [-0.2, 0) is 20.5 Å². The molecule has 0 fully saturated rings. The number of alkyl halides is 3. The van der Waals surface area contributed by atoms with Gasteiger partial charge in [0.2, 0.25) is 6.10 Å². The van der Waals surface area contributed by atoms with Crippen molar-refractivity contribution >= 4 is 46.4 Å². The van der Waals surface area contributed by atoms with Gasteiger partial charge in [-0.3, -0.25) is 14.4 Å². The number of halogens is 4. The third-order valence-electron chi connectivity index (χ3n) is 4.49. The lowest BCUT2D eigenvalue weighted by Gasteiger charge is -2.19. The van der Waals surface area contributed by atoms with E-state index in [1.54, 1.807) is 30.3 Å². The molecule has 3 rings (SSSR count). The van der Waals surface area contributed by atoms with Crippen molar-refractivity contribution in [1.82, 2.24) is 5.32 Å². The van der Waals surface area contributed by atoms with Crippen molar-refractivity contribution in [2.24, 2.45) is 0 Å². The summed E-state index contributed by atoms with van der Waals surface area (Å²) in [5, 5.41) is 4.21. The maximum atomic E-state index is 13.1. The quantitative estimate of drug-likeness (QED) is 0.418. The fraction of sp³-hybridized carbons (Fsp3) is 0.174. The number of benzene rings is 2. The van der Waals surface area contributed by atoms with Gasteiger partial charge in [-0.2, -0.15) is 13.2 Å². The molecule has 178 valence electrons. The van der Waals surface area contributed by atoms with Crippen LogP contribution in [0.3, 0.4) is 0 Å². The second-order valence-corrected chi connectivity index (χ2v) is 8.75. The molecule has 0 aliphatic heterocycles. The van der Waals surface area contributed by atoms with Crippen molar-refractivity contribution < 1.29 is 32.3 Å². The Hall–Kier alpha value is -3.37. The summed E-state index contributed by atoms with van der Waals surface area (Å²) in [5.41, 5.74) is -1.01. The Morgan fingerprint density at radius 2 is 1.76 bits per heavy atom. The van der Waals surface area contributed by atoms with E-state index in [4.69, 9.17) is 16.3 Å². The molecule has 0 radical (unpaired) electrons. The number of carbonyl (C=O) groups excluding carboxylic acids is 3. The highest BCUT2D eigenvalue weighted by molar-refractivity contribution is 7.13. The smallest absolute Gasteiger partial charge is 0.417 e. The van der Waals surface area contributed by atoms with Crippen LogP contribution in [0, 0.1) is 6.92 Å². The number of thiophene rings is 1. The highest BCUT2D eigenvalue weighted by Crippen LogP contribution is 2.36. The third-order valence-corrected chi connectivity index (χ3v) is 5.82. The summed E-state index contributed by atoms with van der Waals surface area (Å²) >= 11 is 6.87. The van der Waals surface area contributed by atoms with Crippen LogP contribution in [0.25, 0.3) is 0 Å². The molecule has 3 aromatic rings. The zero-order valence-electron chi connectivity index (χ0n) is 17.6. The van der Waals surface area contributed by atoms with Crippen LogP contribution in [0.1, 0.15) is 31.8 Å². The zero-order valence-corrected chi connectivity index (χ0v) is 19.2. The number of anilines is 1. The van der Waals surface area contributed by atoms with Crippen LogP contribution in [0.4, 0.5) is 18.9 Å². The second kappa shape index (κ2) is 10.7. The van der Waals surface area contributed by atoms with Gasteiger partial charge in [-0.05, 0) is 37.3 Å². The van der Waals surface area contributed by atoms with E-state index in [1.165, 1.54) is 29.5 Å². The first-order chi connectivity index (χ1) is 16.0. The van der Waals surface area contributed by atoms with Crippen molar-refractivity contribution in [2.45, 2.75) is 19.2 Å². The van der Waals surface area contributed by atoms with E-state index in [1.807, 2.05) is 6.92 Å². The summed E-state index contributed by atoms with van der Waals surface area (Å²) in [6.45, 7) is 1.32. The van der Waals surface area contributed by atoms with Crippen molar-refractivity contribution in [1.29, 1.82) is 0 Å². The highest BCUT2D eigenvalue weighted by atomic mass is 35.5. The van der Waals surface area contributed by atoms with E-state index in [0.717, 1.165) is 10.9 Å². The first-order valence-corrected chi connectivity index (χ1v) is 11.0. The number of nitrogens with one attached hydrogen (secondary N) is 2. The Morgan fingerprint density at radius 1 is 1.06 bits per heavy atom.